The van der Waals surface area contributed by atoms with Gasteiger partial charge in [0.1, 0.15) is 11.4 Å². The minimum Gasteiger partial charge on any atom is -0.488 e. The summed E-state index contributed by atoms with van der Waals surface area (Å²) in [6.07, 6.45) is 0.944. The Morgan fingerprint density at radius 1 is 0.850 bits per heavy atom. The lowest BCUT2D eigenvalue weighted by Gasteiger charge is -2.21. The lowest BCUT2D eigenvalue weighted by atomic mass is 10.0. The Bertz CT molecular complexity index is 535. The van der Waals surface area contributed by atoms with Crippen molar-refractivity contribution >= 4 is 5.69 Å². The third-order valence-corrected chi connectivity index (χ3v) is 3.00. The highest BCUT2D eigenvalue weighted by Crippen LogP contribution is 2.20. The van der Waals surface area contributed by atoms with Gasteiger partial charge in [-0.3, -0.25) is 0 Å². The highest BCUT2D eigenvalue weighted by Gasteiger charge is 2.11. The van der Waals surface area contributed by atoms with Crippen molar-refractivity contribution in [3.63, 3.8) is 0 Å². The van der Waals surface area contributed by atoms with Crippen molar-refractivity contribution in [2.45, 2.75) is 32.8 Å². The molecule has 2 aromatic rings. The van der Waals surface area contributed by atoms with E-state index in [1.165, 1.54) is 11.1 Å². The van der Waals surface area contributed by atoms with Crippen LogP contribution in [0.15, 0.2) is 48.5 Å². The van der Waals surface area contributed by atoms with Crippen LogP contribution >= 0.6 is 0 Å². The summed E-state index contributed by atoms with van der Waals surface area (Å²) in [5.74, 6) is 0.923. The zero-order chi connectivity index (χ0) is 14.6. The van der Waals surface area contributed by atoms with Crippen LogP contribution in [-0.2, 0) is 6.42 Å². The molecule has 2 aromatic carbocycles. The summed E-state index contributed by atoms with van der Waals surface area (Å²) < 4.78 is 5.83. The maximum atomic E-state index is 5.83. The average molecular weight is 269 g/mol. The number of ether oxygens (including phenoxy) is 1. The van der Waals surface area contributed by atoms with Gasteiger partial charge in [-0.15, -0.1) is 0 Å². The first kappa shape index (κ1) is 14.4. The average Bonchev–Trinajstić information content (AvgIpc) is 2.40. The summed E-state index contributed by atoms with van der Waals surface area (Å²) in [6, 6.07) is 16.9. The molecule has 2 heteroatoms. The van der Waals surface area contributed by atoms with Gasteiger partial charge in [0, 0.05) is 12.7 Å². The molecule has 20 heavy (non-hydrogen) atoms. The van der Waals surface area contributed by atoms with Gasteiger partial charge < -0.3 is 10.1 Å². The predicted octanol–water partition coefficient (Wildman–Crippen LogP) is 4.50. The molecule has 0 amide bonds. The largest absolute Gasteiger partial charge is 0.488 e. The van der Waals surface area contributed by atoms with Gasteiger partial charge in [0.05, 0.1) is 0 Å². The van der Waals surface area contributed by atoms with Crippen molar-refractivity contribution < 1.29 is 4.74 Å². The molecule has 2 nitrogen and oxygen atoms in total. The Morgan fingerprint density at radius 2 is 1.35 bits per heavy atom. The van der Waals surface area contributed by atoms with Gasteiger partial charge in [0.25, 0.3) is 0 Å². The molecule has 0 fully saturated rings. The van der Waals surface area contributed by atoms with Gasteiger partial charge in [-0.1, -0.05) is 24.3 Å². The smallest absolute Gasteiger partial charge is 0.120 e. The quantitative estimate of drug-likeness (QED) is 0.882. The second kappa shape index (κ2) is 6.00. The molecule has 1 N–H and O–H groups in total. The molecular formula is C18H23NO. The van der Waals surface area contributed by atoms with Crippen LogP contribution in [0.4, 0.5) is 5.69 Å². The van der Waals surface area contributed by atoms with E-state index in [2.05, 4.69) is 62.5 Å². The van der Waals surface area contributed by atoms with Crippen molar-refractivity contribution in [3.05, 3.63) is 59.7 Å². The molecule has 0 saturated carbocycles. The second-order valence-corrected chi connectivity index (χ2v) is 5.98. The molecule has 0 aliphatic heterocycles. The minimum atomic E-state index is -0.148. The van der Waals surface area contributed by atoms with E-state index in [4.69, 9.17) is 4.74 Å². The van der Waals surface area contributed by atoms with E-state index in [1.807, 2.05) is 19.2 Å². The van der Waals surface area contributed by atoms with E-state index < -0.39 is 0 Å². The Morgan fingerprint density at radius 3 is 1.80 bits per heavy atom. The van der Waals surface area contributed by atoms with Crippen LogP contribution in [0.25, 0.3) is 0 Å². The molecule has 2 rings (SSSR count). The molecule has 0 radical (unpaired) electrons. The van der Waals surface area contributed by atoms with Crippen LogP contribution in [0.3, 0.4) is 0 Å². The molecule has 0 aromatic heterocycles. The van der Waals surface area contributed by atoms with Crippen LogP contribution in [0.5, 0.6) is 5.75 Å². The van der Waals surface area contributed by atoms with Crippen LogP contribution in [-0.4, -0.2) is 12.6 Å². The van der Waals surface area contributed by atoms with Gasteiger partial charge in [-0.25, -0.2) is 0 Å². The number of rotatable bonds is 4. The summed E-state index contributed by atoms with van der Waals surface area (Å²) in [7, 11) is 1.93. The normalized spacial score (nSPS) is 11.2. The fraction of sp³-hybridized carbons (Fsp3) is 0.333. The fourth-order valence-corrected chi connectivity index (χ4v) is 2.05. The Hall–Kier alpha value is -1.96. The maximum Gasteiger partial charge on any atom is 0.120 e. The van der Waals surface area contributed by atoms with Crippen molar-refractivity contribution in [3.8, 4) is 5.75 Å². The monoisotopic (exact) mass is 269 g/mol. The topological polar surface area (TPSA) is 21.3 Å². The first-order valence-corrected chi connectivity index (χ1v) is 7.01. The number of hydrogen-bond donors (Lipinski definition) is 1. The van der Waals surface area contributed by atoms with Crippen molar-refractivity contribution in [1.29, 1.82) is 0 Å². The van der Waals surface area contributed by atoms with Gasteiger partial charge in [0.15, 0.2) is 0 Å². The number of benzene rings is 2. The van der Waals surface area contributed by atoms with Crippen LogP contribution < -0.4 is 10.1 Å². The zero-order valence-corrected chi connectivity index (χ0v) is 12.7. The molecule has 0 saturated heterocycles. The summed E-state index contributed by atoms with van der Waals surface area (Å²) in [5.41, 5.74) is 3.60. The third kappa shape index (κ3) is 4.30. The molecule has 0 unspecified atom stereocenters. The zero-order valence-electron chi connectivity index (χ0n) is 12.7. The molecular weight excluding hydrogens is 246 g/mol. The third-order valence-electron chi connectivity index (χ3n) is 3.00. The maximum absolute atomic E-state index is 5.83. The van der Waals surface area contributed by atoms with E-state index in [0.29, 0.717) is 0 Å². The SMILES string of the molecule is CNc1ccc(Cc2ccc(OC(C)(C)C)cc2)cc1. The molecule has 0 atom stereocenters. The molecule has 106 valence electrons. The highest BCUT2D eigenvalue weighted by molar-refractivity contribution is 5.44. The van der Waals surface area contributed by atoms with E-state index >= 15 is 0 Å². The number of anilines is 1. The van der Waals surface area contributed by atoms with E-state index in [9.17, 15) is 0 Å². The standard InChI is InChI=1S/C18H23NO/c1-18(2,3)20-17-11-7-15(8-12-17)13-14-5-9-16(19-4)10-6-14/h5-12,19H,13H2,1-4H3. The molecule has 0 spiro atoms. The Kier molecular flexibility index (Phi) is 4.33. The highest BCUT2D eigenvalue weighted by atomic mass is 16.5. The summed E-state index contributed by atoms with van der Waals surface area (Å²) in [6.45, 7) is 6.18. The minimum absolute atomic E-state index is 0.148. The molecule has 0 heterocycles. The number of hydrogen-bond acceptors (Lipinski definition) is 2. The Balaban J connectivity index is 2.02. The second-order valence-electron chi connectivity index (χ2n) is 5.98. The van der Waals surface area contributed by atoms with Crippen LogP contribution in [0, 0.1) is 0 Å². The van der Waals surface area contributed by atoms with E-state index in [0.717, 1.165) is 17.9 Å². The number of nitrogens with one attached hydrogen (secondary N) is 1. The van der Waals surface area contributed by atoms with Crippen molar-refractivity contribution in [2.75, 3.05) is 12.4 Å². The van der Waals surface area contributed by atoms with E-state index in [-0.39, 0.29) is 5.60 Å². The van der Waals surface area contributed by atoms with Crippen molar-refractivity contribution in [1.82, 2.24) is 0 Å². The van der Waals surface area contributed by atoms with E-state index in [1.54, 1.807) is 0 Å². The van der Waals surface area contributed by atoms with Gasteiger partial charge in [0.2, 0.25) is 0 Å². The van der Waals surface area contributed by atoms with Gasteiger partial charge >= 0.3 is 0 Å². The van der Waals surface area contributed by atoms with Crippen LogP contribution in [0.1, 0.15) is 31.9 Å². The molecule has 0 aliphatic carbocycles. The summed E-state index contributed by atoms with van der Waals surface area (Å²) >= 11 is 0. The van der Waals surface area contributed by atoms with Gasteiger partial charge in [-0.05, 0) is 62.6 Å². The first-order chi connectivity index (χ1) is 9.46. The summed E-state index contributed by atoms with van der Waals surface area (Å²) in [4.78, 5) is 0. The summed E-state index contributed by atoms with van der Waals surface area (Å²) in [5, 5.41) is 3.13. The van der Waals surface area contributed by atoms with Gasteiger partial charge in [-0.2, -0.15) is 0 Å². The van der Waals surface area contributed by atoms with Crippen LogP contribution in [0.2, 0.25) is 0 Å². The molecule has 0 bridgehead atoms. The molecule has 0 aliphatic rings. The predicted molar refractivity (Wildman–Crippen MR) is 85.6 cm³/mol. The first-order valence-electron chi connectivity index (χ1n) is 7.01. The lowest BCUT2D eigenvalue weighted by Crippen LogP contribution is -2.22. The van der Waals surface area contributed by atoms with Crippen molar-refractivity contribution in [2.24, 2.45) is 0 Å². The lowest BCUT2D eigenvalue weighted by molar-refractivity contribution is 0.131. The Labute approximate surface area is 121 Å². The fourth-order valence-electron chi connectivity index (χ4n) is 2.05.